The summed E-state index contributed by atoms with van der Waals surface area (Å²) >= 11 is 0. The molecule has 14 rings (SSSR count). The second-order valence-electron chi connectivity index (χ2n) is 20.8. The average molecular weight is 909 g/mol. The van der Waals surface area contributed by atoms with Gasteiger partial charge in [0, 0.05) is 43.7 Å². The lowest BCUT2D eigenvalue weighted by Crippen LogP contribution is -2.15. The van der Waals surface area contributed by atoms with Crippen molar-refractivity contribution in [3.8, 4) is 0 Å². The quantitative estimate of drug-likeness (QED) is 0.142. The molecule has 2 aliphatic carbocycles. The molecule has 0 amide bonds. The maximum atomic E-state index is 6.94. The van der Waals surface area contributed by atoms with Crippen LogP contribution in [0.3, 0.4) is 0 Å². The van der Waals surface area contributed by atoms with Crippen LogP contribution in [0.25, 0.3) is 76.2 Å². The van der Waals surface area contributed by atoms with E-state index in [2.05, 4.69) is 195 Å². The molecule has 0 atom stereocenters. The summed E-state index contributed by atoms with van der Waals surface area (Å²) in [6, 6.07) is 59.4. The van der Waals surface area contributed by atoms with Gasteiger partial charge in [-0.25, -0.2) is 0 Å². The Labute approximate surface area is 409 Å². The van der Waals surface area contributed by atoms with Crippen LogP contribution in [0.2, 0.25) is 0 Å². The summed E-state index contributed by atoms with van der Waals surface area (Å²) in [4.78, 5) is 5.10. The number of hydrogen-bond donors (Lipinski definition) is 0. The Morgan fingerprint density at radius 1 is 0.343 bits per heavy atom. The van der Waals surface area contributed by atoms with E-state index in [9.17, 15) is 0 Å². The normalized spacial score (nSPS) is 14.9. The third-order valence-electron chi connectivity index (χ3n) is 16.4. The zero-order chi connectivity index (χ0) is 46.8. The predicted molar refractivity (Wildman–Crippen MR) is 295 cm³/mol. The van der Waals surface area contributed by atoms with Crippen molar-refractivity contribution in [3.05, 3.63) is 191 Å². The second kappa shape index (κ2) is 16.0. The lowest BCUT2D eigenvalue weighted by atomic mass is 9.82. The van der Waals surface area contributed by atoms with Gasteiger partial charge in [-0.2, -0.15) is 0 Å². The highest BCUT2D eigenvalue weighted by Gasteiger charge is 2.32. The molecule has 0 N–H and O–H groups in total. The molecule has 4 heteroatoms. The molecule has 2 aromatic heterocycles. The Balaban J connectivity index is 1.13. The van der Waals surface area contributed by atoms with Gasteiger partial charge in [0.25, 0.3) is 0 Å². The number of nitrogens with zero attached hydrogens (tertiary/aromatic N) is 2. The maximum absolute atomic E-state index is 6.94. The minimum atomic E-state index is 0.470. The summed E-state index contributed by atoms with van der Waals surface area (Å²) in [6.45, 7) is 8.94. The summed E-state index contributed by atoms with van der Waals surface area (Å²) in [5.74, 6) is 0.940. The van der Waals surface area contributed by atoms with Gasteiger partial charge in [0.15, 0.2) is 11.2 Å². The van der Waals surface area contributed by atoms with Gasteiger partial charge in [0.2, 0.25) is 0 Å². The molecule has 12 aromatic rings. The third kappa shape index (κ3) is 6.28. The molecular formula is C66H56N2O2. The maximum Gasteiger partial charge on any atom is 0.159 e. The highest BCUT2D eigenvalue weighted by molar-refractivity contribution is 6.30. The van der Waals surface area contributed by atoms with Gasteiger partial charge < -0.3 is 18.6 Å². The number of para-hydroxylation sites is 4. The van der Waals surface area contributed by atoms with Gasteiger partial charge in [-0.1, -0.05) is 146 Å². The van der Waals surface area contributed by atoms with E-state index in [1.54, 1.807) is 0 Å². The SMILES string of the molecule is Cc1ccc(N(c2cc(C3CCCC3)c3ccc4c(N(c5ccc(C)cc5C)c5cccc6c5oc5ccccc56)cc(C5CCCC5)c5ccc2c3c54)c2cccc3c2oc2ccccc23)c(C)c1. The van der Waals surface area contributed by atoms with E-state index in [1.807, 2.05) is 0 Å². The number of furan rings is 2. The van der Waals surface area contributed by atoms with Crippen LogP contribution >= 0.6 is 0 Å². The second-order valence-corrected chi connectivity index (χ2v) is 20.8. The molecule has 0 bridgehead atoms. The van der Waals surface area contributed by atoms with Crippen LogP contribution in [-0.2, 0) is 0 Å². The number of hydrogen-bond acceptors (Lipinski definition) is 4. The Kier molecular flexibility index (Phi) is 9.47. The van der Waals surface area contributed by atoms with Gasteiger partial charge in [0.1, 0.15) is 11.2 Å². The fraction of sp³-hybridized carbons (Fsp3) is 0.212. The molecule has 0 radical (unpaired) electrons. The Bertz CT molecular complexity index is 3780. The molecule has 0 unspecified atom stereocenters. The van der Waals surface area contributed by atoms with Crippen molar-refractivity contribution >= 4 is 110 Å². The van der Waals surface area contributed by atoms with Crippen LogP contribution in [0.1, 0.15) is 96.6 Å². The predicted octanol–water partition coefficient (Wildman–Crippen LogP) is 19.9. The third-order valence-corrected chi connectivity index (χ3v) is 16.4. The first-order chi connectivity index (χ1) is 34.4. The van der Waals surface area contributed by atoms with E-state index in [0.29, 0.717) is 11.8 Å². The number of rotatable bonds is 8. The summed E-state index contributed by atoms with van der Waals surface area (Å²) in [7, 11) is 0. The Hall–Kier alpha value is -7.56. The van der Waals surface area contributed by atoms with E-state index in [0.717, 1.165) is 55.3 Å². The van der Waals surface area contributed by atoms with Crippen molar-refractivity contribution in [2.45, 2.75) is 90.9 Å². The van der Waals surface area contributed by atoms with Gasteiger partial charge in [-0.05, 0) is 158 Å². The molecule has 2 aliphatic rings. The van der Waals surface area contributed by atoms with Gasteiger partial charge >= 0.3 is 0 Å². The highest BCUT2D eigenvalue weighted by atomic mass is 16.3. The summed E-state index contributed by atoms with van der Waals surface area (Å²) in [5, 5.41) is 12.6. The number of benzene rings is 10. The zero-order valence-electron chi connectivity index (χ0n) is 40.5. The zero-order valence-corrected chi connectivity index (χ0v) is 40.5. The lowest BCUT2D eigenvalue weighted by molar-refractivity contribution is 0.668. The van der Waals surface area contributed by atoms with Crippen molar-refractivity contribution in [2.75, 3.05) is 9.80 Å². The average Bonchev–Trinajstić information content (AvgIpc) is 4.23. The molecular weight excluding hydrogens is 853 g/mol. The Morgan fingerprint density at radius 2 is 0.743 bits per heavy atom. The molecule has 4 nitrogen and oxygen atoms in total. The first-order valence-corrected chi connectivity index (χ1v) is 25.7. The molecule has 2 saturated carbocycles. The molecule has 2 fully saturated rings. The molecule has 10 aromatic carbocycles. The smallest absolute Gasteiger partial charge is 0.159 e. The van der Waals surface area contributed by atoms with Crippen molar-refractivity contribution in [2.24, 2.45) is 0 Å². The number of anilines is 6. The summed E-state index contributed by atoms with van der Waals surface area (Å²) in [5.41, 5.74) is 18.4. The van der Waals surface area contributed by atoms with Crippen LogP contribution < -0.4 is 9.80 Å². The molecule has 0 aliphatic heterocycles. The fourth-order valence-corrected chi connectivity index (χ4v) is 13.2. The minimum absolute atomic E-state index is 0.470. The molecule has 70 heavy (non-hydrogen) atoms. The first-order valence-electron chi connectivity index (χ1n) is 25.7. The minimum Gasteiger partial charge on any atom is -0.454 e. The Morgan fingerprint density at radius 3 is 1.17 bits per heavy atom. The summed E-state index contributed by atoms with van der Waals surface area (Å²) in [6.07, 6.45) is 9.84. The van der Waals surface area contributed by atoms with E-state index in [-0.39, 0.29) is 0 Å². The van der Waals surface area contributed by atoms with Gasteiger partial charge in [-0.15, -0.1) is 0 Å². The van der Waals surface area contributed by atoms with Crippen LogP contribution in [0.15, 0.2) is 167 Å². The van der Waals surface area contributed by atoms with Gasteiger partial charge in [0.05, 0.1) is 22.7 Å². The van der Waals surface area contributed by atoms with Crippen molar-refractivity contribution in [3.63, 3.8) is 0 Å². The first kappa shape index (κ1) is 41.4. The van der Waals surface area contributed by atoms with Crippen molar-refractivity contribution in [1.82, 2.24) is 0 Å². The van der Waals surface area contributed by atoms with Crippen LogP contribution in [-0.4, -0.2) is 0 Å². The standard InChI is InChI=1S/C66H56N2O2/c1-39-27-33-55(41(3)35-39)67(57-23-13-21-49-45-19-9-11-25-61(45)69-65(49)57)59-37-53(43-15-5-6-16-43)47-30-32-52-60(38-54(44-17-7-8-18-44)48-29-31-51(59)63(47)64(48)52)68(56-34-28-40(2)36-42(56)4)58-24-14-22-50-46-20-10-12-26-62(46)70-66(50)58/h9-14,19-38,43-44H,5-8,15-18H2,1-4H3. The van der Waals surface area contributed by atoms with E-state index < -0.39 is 0 Å². The number of aryl methyl sites for hydroxylation is 4. The van der Waals surface area contributed by atoms with Crippen LogP contribution in [0, 0.1) is 27.7 Å². The molecule has 342 valence electrons. The molecule has 2 heterocycles. The largest absolute Gasteiger partial charge is 0.454 e. The molecule has 0 saturated heterocycles. The number of fused-ring (bicyclic) bond motifs is 6. The molecule has 0 spiro atoms. The van der Waals surface area contributed by atoms with Crippen LogP contribution in [0.5, 0.6) is 0 Å². The van der Waals surface area contributed by atoms with E-state index >= 15 is 0 Å². The topological polar surface area (TPSA) is 32.8 Å². The lowest BCUT2D eigenvalue weighted by Gasteiger charge is -2.33. The van der Waals surface area contributed by atoms with E-state index in [1.165, 1.54) is 140 Å². The van der Waals surface area contributed by atoms with Crippen molar-refractivity contribution in [1.29, 1.82) is 0 Å². The van der Waals surface area contributed by atoms with Crippen molar-refractivity contribution < 1.29 is 8.83 Å². The monoisotopic (exact) mass is 908 g/mol. The summed E-state index contributed by atoms with van der Waals surface area (Å²) < 4.78 is 13.9. The van der Waals surface area contributed by atoms with Gasteiger partial charge in [-0.3, -0.25) is 0 Å². The highest BCUT2D eigenvalue weighted by Crippen LogP contribution is 2.55. The van der Waals surface area contributed by atoms with E-state index in [4.69, 9.17) is 8.83 Å². The van der Waals surface area contributed by atoms with Crippen LogP contribution in [0.4, 0.5) is 34.1 Å². The fourth-order valence-electron chi connectivity index (χ4n) is 13.2.